The summed E-state index contributed by atoms with van der Waals surface area (Å²) in [5.41, 5.74) is 4.42. The second kappa shape index (κ2) is 81.1. The van der Waals surface area contributed by atoms with Crippen LogP contribution in [0.15, 0.2) is 72.2 Å². The lowest BCUT2D eigenvalue weighted by molar-refractivity contribution is 0.124. The summed E-state index contributed by atoms with van der Waals surface area (Å²) in [5, 5.41) is 11.0. The first-order valence-electron chi connectivity index (χ1n) is 52.8. The number of guanidine groups is 1. The van der Waals surface area contributed by atoms with Gasteiger partial charge in [0.1, 0.15) is 0 Å². The highest BCUT2D eigenvalue weighted by atomic mass is 35.5. The molecule has 724 valence electrons. The largest absolute Gasteiger partial charge is 0.381 e. The first-order chi connectivity index (χ1) is 58.2. The Bertz CT molecular complexity index is 2640. The minimum atomic E-state index is 0. The quantitative estimate of drug-likeness (QED) is 0.0501. The topological polar surface area (TPSA) is 82.0 Å². The van der Waals surface area contributed by atoms with Crippen LogP contribution in [0.1, 0.15) is 472 Å². The minimum Gasteiger partial charge on any atom is -0.381 e. The summed E-state index contributed by atoms with van der Waals surface area (Å²) in [6.07, 6.45) is 64.3. The van der Waals surface area contributed by atoms with E-state index < -0.39 is 0 Å². The van der Waals surface area contributed by atoms with Crippen LogP contribution < -0.4 is 16.0 Å². The molecule has 2 saturated heterocycles. The lowest BCUT2D eigenvalue weighted by atomic mass is 9.74. The summed E-state index contributed by atoms with van der Waals surface area (Å²) in [5.74, 6) is 13.1. The molecule has 0 radical (unpaired) electrons. The number of imidazole rings is 1. The van der Waals surface area contributed by atoms with Crippen LogP contribution in [0.4, 0.5) is 0 Å². The molecule has 7 aliphatic rings. The van der Waals surface area contributed by atoms with Crippen LogP contribution in [0.25, 0.3) is 0 Å². The molecular weight excluding hydrogens is 1520 g/mol. The van der Waals surface area contributed by atoms with Crippen molar-refractivity contribution in [3.8, 4) is 0 Å². The van der Waals surface area contributed by atoms with Crippen LogP contribution in [0.5, 0.6) is 0 Å². The summed E-state index contributed by atoms with van der Waals surface area (Å²) < 4.78 is 7.42. The number of likely N-dealkylation sites (tertiary alicyclic amines) is 2. The highest BCUT2D eigenvalue weighted by molar-refractivity contribution is 6.31. The summed E-state index contributed by atoms with van der Waals surface area (Å²) >= 11 is 5.96. The fourth-order valence-corrected chi connectivity index (χ4v) is 16.8. The molecule has 10 heteroatoms. The summed E-state index contributed by atoms with van der Waals surface area (Å²) in [6, 6.07) is 17.6. The third-order valence-electron chi connectivity index (χ3n) is 26.3. The van der Waals surface area contributed by atoms with E-state index in [-0.39, 0.29) is 7.43 Å². The number of aromatic nitrogens is 2. The van der Waals surface area contributed by atoms with Crippen molar-refractivity contribution in [3.63, 3.8) is 0 Å². The zero-order valence-corrected chi connectivity index (χ0v) is 87.5. The van der Waals surface area contributed by atoms with Crippen LogP contribution in [-0.2, 0) is 11.3 Å². The molecule has 0 spiro atoms. The van der Waals surface area contributed by atoms with Crippen LogP contribution in [0, 0.1) is 83.4 Å². The SMILES string of the molecule is C.CC(C)C(C)(C)CCC1CCCCC1.CC(C)C1CCCCC1.CC(C)CCCC1CCCCC1.CC(C)CCCN1CCCCC1.CC(C)CCCNC1=NCCN1.CC(C)CCCNC1CCCCC1.CC(C)CCCn1ccnc1.CC(C)CCN1CCCC1.CC(C)c1ccccc1.CCCOCCC(C)C.Cc1ccc(C(C)C)cc1Cl. The Morgan fingerprint density at radius 1 is 0.480 bits per heavy atom. The molecule has 3 N–H and O–H groups in total. The van der Waals surface area contributed by atoms with E-state index in [0.717, 1.165) is 139 Å². The van der Waals surface area contributed by atoms with E-state index in [2.05, 4.69) is 250 Å². The molecule has 4 saturated carbocycles. The van der Waals surface area contributed by atoms with Gasteiger partial charge in [-0.1, -0.05) is 376 Å². The number of nitrogens with one attached hydrogen (secondary N) is 3. The molecule has 6 fully saturated rings. The van der Waals surface area contributed by atoms with Gasteiger partial charge in [0.05, 0.1) is 12.9 Å². The van der Waals surface area contributed by atoms with E-state index in [1.54, 1.807) is 0 Å². The lowest BCUT2D eigenvalue weighted by Gasteiger charge is -2.32. The third kappa shape index (κ3) is 76.5. The van der Waals surface area contributed by atoms with Gasteiger partial charge in [0.25, 0.3) is 0 Å². The van der Waals surface area contributed by atoms with Crippen molar-refractivity contribution >= 4 is 17.6 Å². The summed E-state index contributed by atoms with van der Waals surface area (Å²) in [7, 11) is 0. The van der Waals surface area contributed by atoms with Crippen LogP contribution in [-0.4, -0.2) is 110 Å². The maximum atomic E-state index is 5.96. The Kier molecular flexibility index (Phi) is 80.5. The van der Waals surface area contributed by atoms with Crippen molar-refractivity contribution < 1.29 is 4.74 Å². The molecule has 2 aromatic carbocycles. The first-order valence-corrected chi connectivity index (χ1v) is 53.2. The molecular formula is C113H219ClN8O. The Hall–Kier alpha value is -2.95. The third-order valence-corrected chi connectivity index (χ3v) is 26.7. The van der Waals surface area contributed by atoms with Crippen molar-refractivity contribution in [1.29, 1.82) is 0 Å². The Balaban J connectivity index is 0. The fraction of sp³-hybridized carbons (Fsp3) is 0.858. The summed E-state index contributed by atoms with van der Waals surface area (Å²) in [4.78, 5) is 13.4. The Morgan fingerprint density at radius 2 is 0.935 bits per heavy atom. The number of ether oxygens (including phenoxy) is 1. The first kappa shape index (κ1) is 122. The minimum absolute atomic E-state index is 0. The monoisotopic (exact) mass is 1740 g/mol. The van der Waals surface area contributed by atoms with Gasteiger partial charge in [-0.25, -0.2) is 4.98 Å². The van der Waals surface area contributed by atoms with E-state index >= 15 is 0 Å². The molecule has 0 amide bonds. The van der Waals surface area contributed by atoms with Crippen molar-refractivity contribution in [2.45, 2.75) is 475 Å². The molecule has 0 atom stereocenters. The average Bonchev–Trinajstić information content (AvgIpc) is 1.01. The van der Waals surface area contributed by atoms with Crippen LogP contribution in [0.3, 0.4) is 0 Å². The maximum absolute atomic E-state index is 5.96. The van der Waals surface area contributed by atoms with Gasteiger partial charge in [0.15, 0.2) is 5.96 Å². The van der Waals surface area contributed by atoms with Gasteiger partial charge >= 0.3 is 0 Å². The van der Waals surface area contributed by atoms with E-state index in [4.69, 9.17) is 16.3 Å². The van der Waals surface area contributed by atoms with E-state index in [1.807, 2.05) is 37.8 Å². The zero-order valence-electron chi connectivity index (χ0n) is 86.7. The summed E-state index contributed by atoms with van der Waals surface area (Å²) in [6.45, 7) is 74.4. The molecule has 3 aliphatic heterocycles. The van der Waals surface area contributed by atoms with Crippen LogP contribution in [0.2, 0.25) is 5.02 Å². The average molecular weight is 1740 g/mol. The van der Waals surface area contributed by atoms with Gasteiger partial charge in [-0.05, 0) is 286 Å². The Labute approximate surface area is 776 Å². The van der Waals surface area contributed by atoms with Crippen molar-refractivity contribution in [2.75, 3.05) is 78.7 Å². The highest BCUT2D eigenvalue weighted by Gasteiger charge is 2.25. The predicted octanol–water partition coefficient (Wildman–Crippen LogP) is 34.0. The predicted molar refractivity (Wildman–Crippen MR) is 556 cm³/mol. The van der Waals surface area contributed by atoms with Gasteiger partial charge in [-0.2, -0.15) is 0 Å². The molecule has 123 heavy (non-hydrogen) atoms. The number of nitrogens with zero attached hydrogens (tertiary/aromatic N) is 5. The van der Waals surface area contributed by atoms with Crippen LogP contribution >= 0.6 is 11.6 Å². The number of hydrogen-bond acceptors (Lipinski definition) is 8. The van der Waals surface area contributed by atoms with Gasteiger partial charge in [0.2, 0.25) is 0 Å². The number of halogens is 1. The second-order valence-electron chi connectivity index (χ2n) is 43.1. The number of piperidine rings is 1. The molecule has 3 aromatic rings. The number of aryl methyl sites for hydroxylation is 2. The molecule has 0 bridgehead atoms. The molecule has 10 rings (SSSR count). The van der Waals surface area contributed by atoms with Crippen molar-refractivity contribution in [2.24, 2.45) is 81.4 Å². The Morgan fingerprint density at radius 3 is 1.37 bits per heavy atom. The molecule has 9 nitrogen and oxygen atoms in total. The number of benzene rings is 2. The number of hydrogen-bond donors (Lipinski definition) is 3. The van der Waals surface area contributed by atoms with E-state index in [9.17, 15) is 0 Å². The second-order valence-corrected chi connectivity index (χ2v) is 43.5. The number of aliphatic imine (C=N–C) groups is 1. The zero-order chi connectivity index (χ0) is 91.0. The van der Waals surface area contributed by atoms with Crippen molar-refractivity contribution in [1.82, 2.24) is 35.3 Å². The number of rotatable bonds is 36. The van der Waals surface area contributed by atoms with E-state index in [0.29, 0.717) is 17.3 Å². The maximum Gasteiger partial charge on any atom is 0.191 e. The molecule has 4 heterocycles. The van der Waals surface area contributed by atoms with Crippen molar-refractivity contribution in [3.05, 3.63) is 89.0 Å². The standard InChI is InChI=1S/C14H28.C12H25N.C12H24.C11H23N.C10H13Cl.C9H19N3.C9H16N2.C9H19N.C9H18.C9H12.C8H18O.CH4/c1-12(2)14(3,4)11-10-13-8-6-5-7-9-13;1-11(2)7-6-10-13-12-8-4-3-5-9-12;2*1-11(2)7-6-10-12-8-4-3-5-9-12;1-7(2)9-5-4-8(3)10(11)6-9;1-8(2)4-3-5-10-9-11-6-7-12-9;1-9(2)4-3-6-11-7-5-10-8-11;1-9(2)5-8-10-6-3-4-7-10;2*1-8(2)9-6-4-3-5-7-9;1-4-6-9-7-5-8(2)3;/h12-13H,5-11H2,1-4H3;11-13H,3-10H2,1-2H3;11-12H,3-10H2,1-2H3;11H,3-10H2,1-2H3;4-7H,1-3H3;8H,3-7H2,1-2H3,(H2,10,11,12);5,7-9H,3-4,6H2,1-2H3;9H,3-8H2,1-2H3;8-9H,3-7H2,1-2H3;3-8H,1-2H3;8H,4-7H2,1-3H3;1H4. The van der Waals surface area contributed by atoms with Gasteiger partial charge in [-0.15, -0.1) is 0 Å². The molecule has 0 unspecified atom stereocenters. The van der Waals surface area contributed by atoms with Gasteiger partial charge in [0, 0.05) is 56.3 Å². The highest BCUT2D eigenvalue weighted by Crippen LogP contribution is 2.37. The normalized spacial score (nSPS) is 16.7. The van der Waals surface area contributed by atoms with Gasteiger partial charge < -0.3 is 35.1 Å². The molecule has 4 aliphatic carbocycles. The molecule has 1 aromatic heterocycles. The van der Waals surface area contributed by atoms with Gasteiger partial charge in [-0.3, -0.25) is 4.99 Å². The van der Waals surface area contributed by atoms with E-state index in [1.165, 1.54) is 314 Å². The smallest absolute Gasteiger partial charge is 0.191 e. The fourth-order valence-electron chi connectivity index (χ4n) is 16.6. The lowest BCUT2D eigenvalue weighted by Crippen LogP contribution is -2.34.